The molecule has 92 valence electrons. The van der Waals surface area contributed by atoms with Gasteiger partial charge in [0.05, 0.1) is 32.4 Å². The maximum absolute atomic E-state index is 10.4. The summed E-state index contributed by atoms with van der Waals surface area (Å²) in [6.45, 7) is 1.62. The lowest BCUT2D eigenvalue weighted by Gasteiger charge is -2.34. The van der Waals surface area contributed by atoms with Crippen LogP contribution in [0.15, 0.2) is 28.1 Å². The van der Waals surface area contributed by atoms with Crippen molar-refractivity contribution in [2.45, 2.75) is 6.54 Å². The molecule has 1 aliphatic heterocycles. The summed E-state index contributed by atoms with van der Waals surface area (Å²) in [6, 6.07) is 1.82. The van der Waals surface area contributed by atoms with Crippen LogP contribution < -0.4 is 5.32 Å². The maximum atomic E-state index is 10.4. The van der Waals surface area contributed by atoms with E-state index in [-0.39, 0.29) is 5.96 Å². The Morgan fingerprint density at radius 2 is 2.53 bits per heavy atom. The normalized spacial score (nSPS) is 19.4. The molecule has 0 spiro atoms. The van der Waals surface area contributed by atoms with E-state index in [4.69, 9.17) is 4.42 Å². The van der Waals surface area contributed by atoms with Crippen molar-refractivity contribution < 1.29 is 9.45 Å². The smallest absolute Gasteiger partial charge is 0.273 e. The van der Waals surface area contributed by atoms with Crippen LogP contribution >= 0.6 is 0 Å². The molecule has 2 heterocycles. The monoisotopic (exact) mass is 239 g/mol. The highest BCUT2D eigenvalue weighted by Crippen LogP contribution is 2.08. The fraction of sp³-hybridized carbons (Fsp3) is 0.444. The van der Waals surface area contributed by atoms with E-state index in [2.05, 4.69) is 10.4 Å². The summed E-state index contributed by atoms with van der Waals surface area (Å²) in [5.74, 6) is 0.273. The van der Waals surface area contributed by atoms with Crippen LogP contribution in [0.2, 0.25) is 0 Å². The second-order valence-electron chi connectivity index (χ2n) is 3.82. The topological polar surface area (TPSA) is 87.1 Å². The Morgan fingerprint density at radius 3 is 3.18 bits per heavy atom. The highest BCUT2D eigenvalue weighted by molar-refractivity contribution is 5.79. The predicted molar refractivity (Wildman–Crippen MR) is 59.3 cm³/mol. The van der Waals surface area contributed by atoms with Crippen LogP contribution in [0.5, 0.6) is 0 Å². The van der Waals surface area contributed by atoms with Crippen LogP contribution in [-0.4, -0.2) is 41.2 Å². The van der Waals surface area contributed by atoms with Gasteiger partial charge in [0.25, 0.3) is 5.96 Å². The summed E-state index contributed by atoms with van der Waals surface area (Å²) in [5, 5.41) is 15.9. The average molecular weight is 239 g/mol. The van der Waals surface area contributed by atoms with Gasteiger partial charge in [-0.25, -0.2) is 10.1 Å². The van der Waals surface area contributed by atoms with Gasteiger partial charge in [0, 0.05) is 5.56 Å². The van der Waals surface area contributed by atoms with Gasteiger partial charge in [-0.1, -0.05) is 0 Å². The third-order valence-corrected chi connectivity index (χ3v) is 2.35. The molecule has 1 fully saturated rings. The zero-order chi connectivity index (χ0) is 12.3. The number of rotatable bonds is 3. The molecule has 0 unspecified atom stereocenters. The van der Waals surface area contributed by atoms with Crippen molar-refractivity contribution in [3.63, 3.8) is 0 Å². The SMILES string of the molecule is CN1CN/C(=N\[N+](=O)[O-])N(Cc2ccoc2)C1. The molecule has 1 aliphatic rings. The van der Waals surface area contributed by atoms with Crippen molar-refractivity contribution in [1.29, 1.82) is 0 Å². The van der Waals surface area contributed by atoms with Gasteiger partial charge in [0.15, 0.2) is 5.03 Å². The Hall–Kier alpha value is -2.09. The molecule has 0 radical (unpaired) electrons. The van der Waals surface area contributed by atoms with Gasteiger partial charge in [-0.05, 0) is 13.1 Å². The molecule has 0 saturated carbocycles. The summed E-state index contributed by atoms with van der Waals surface area (Å²) in [5.41, 5.74) is 0.943. The van der Waals surface area contributed by atoms with Crippen LogP contribution in [0, 0.1) is 10.1 Å². The van der Waals surface area contributed by atoms with Crippen LogP contribution in [0.25, 0.3) is 0 Å². The standard InChI is InChI=1S/C9H13N5O3/c1-12-6-10-9(11-14(15)16)13(7-12)4-8-2-3-17-5-8/h2-3,5H,4,6-7H2,1H3,(H,10,11). The van der Waals surface area contributed by atoms with Gasteiger partial charge in [0.2, 0.25) is 0 Å². The Labute approximate surface area is 97.6 Å². The Morgan fingerprint density at radius 1 is 1.71 bits per heavy atom. The Kier molecular flexibility index (Phi) is 3.24. The lowest BCUT2D eigenvalue weighted by molar-refractivity contribution is -0.486. The zero-order valence-corrected chi connectivity index (χ0v) is 9.37. The van der Waals surface area contributed by atoms with E-state index in [0.29, 0.717) is 19.9 Å². The largest absolute Gasteiger partial charge is 0.472 e. The van der Waals surface area contributed by atoms with Crippen molar-refractivity contribution in [2.24, 2.45) is 5.10 Å². The summed E-state index contributed by atoms with van der Waals surface area (Å²) in [7, 11) is 1.91. The number of nitrogens with zero attached hydrogens (tertiary/aromatic N) is 4. The average Bonchev–Trinajstić information content (AvgIpc) is 2.74. The molecule has 0 amide bonds. The van der Waals surface area contributed by atoms with E-state index in [1.54, 1.807) is 17.4 Å². The van der Waals surface area contributed by atoms with Crippen molar-refractivity contribution in [3.8, 4) is 0 Å². The quantitative estimate of drug-likeness (QED) is 0.593. The van der Waals surface area contributed by atoms with E-state index in [1.165, 1.54) is 0 Å². The number of guanidine groups is 1. The minimum absolute atomic E-state index is 0.273. The maximum Gasteiger partial charge on any atom is 0.273 e. The van der Waals surface area contributed by atoms with Crippen LogP contribution in [0.3, 0.4) is 0 Å². The first kappa shape index (κ1) is 11.4. The molecule has 0 bridgehead atoms. The number of furan rings is 1. The first-order valence-electron chi connectivity index (χ1n) is 5.06. The highest BCUT2D eigenvalue weighted by Gasteiger charge is 2.22. The molecule has 1 aromatic rings. The molecular weight excluding hydrogens is 226 g/mol. The second-order valence-corrected chi connectivity index (χ2v) is 3.82. The second kappa shape index (κ2) is 4.83. The number of hydrogen-bond donors (Lipinski definition) is 1. The zero-order valence-electron chi connectivity index (χ0n) is 9.37. The molecule has 2 rings (SSSR count). The fourth-order valence-corrected chi connectivity index (χ4v) is 1.63. The minimum atomic E-state index is -0.698. The number of hydrazone groups is 1. The van der Waals surface area contributed by atoms with Crippen LogP contribution in [0.1, 0.15) is 5.56 Å². The van der Waals surface area contributed by atoms with Gasteiger partial charge in [0.1, 0.15) is 5.10 Å². The Bertz CT molecular complexity index is 416. The molecule has 0 aliphatic carbocycles. The third-order valence-electron chi connectivity index (χ3n) is 2.35. The van der Waals surface area contributed by atoms with E-state index in [9.17, 15) is 10.1 Å². The first-order valence-corrected chi connectivity index (χ1v) is 5.06. The Balaban J connectivity index is 2.11. The van der Waals surface area contributed by atoms with Crippen LogP contribution in [0.4, 0.5) is 0 Å². The van der Waals surface area contributed by atoms with Gasteiger partial charge in [-0.15, -0.1) is 0 Å². The molecule has 8 nitrogen and oxygen atoms in total. The molecular formula is C9H13N5O3. The van der Waals surface area contributed by atoms with E-state index in [0.717, 1.165) is 5.56 Å². The highest BCUT2D eigenvalue weighted by atomic mass is 16.7. The lowest BCUT2D eigenvalue weighted by atomic mass is 10.3. The summed E-state index contributed by atoms with van der Waals surface area (Å²) in [6.07, 6.45) is 3.18. The number of hydrogen-bond acceptors (Lipinski definition) is 4. The van der Waals surface area contributed by atoms with E-state index < -0.39 is 5.03 Å². The van der Waals surface area contributed by atoms with E-state index in [1.807, 2.05) is 18.0 Å². The molecule has 1 aromatic heterocycles. The molecule has 17 heavy (non-hydrogen) atoms. The van der Waals surface area contributed by atoms with Crippen molar-refractivity contribution in [3.05, 3.63) is 34.3 Å². The predicted octanol–water partition coefficient (Wildman–Crippen LogP) is 0.0793. The molecule has 8 heteroatoms. The summed E-state index contributed by atoms with van der Waals surface area (Å²) >= 11 is 0. The lowest BCUT2D eigenvalue weighted by Crippen LogP contribution is -2.55. The van der Waals surface area contributed by atoms with Gasteiger partial charge in [-0.2, -0.15) is 0 Å². The molecule has 0 aromatic carbocycles. The summed E-state index contributed by atoms with van der Waals surface area (Å²) < 4.78 is 4.96. The molecule has 0 atom stereocenters. The van der Waals surface area contributed by atoms with E-state index >= 15 is 0 Å². The molecule has 1 saturated heterocycles. The van der Waals surface area contributed by atoms with Crippen molar-refractivity contribution in [2.75, 3.05) is 20.4 Å². The van der Waals surface area contributed by atoms with Gasteiger partial charge in [-0.3, -0.25) is 4.90 Å². The summed E-state index contributed by atoms with van der Waals surface area (Å²) in [4.78, 5) is 14.2. The minimum Gasteiger partial charge on any atom is -0.472 e. The van der Waals surface area contributed by atoms with Crippen molar-refractivity contribution in [1.82, 2.24) is 15.1 Å². The fourth-order valence-electron chi connectivity index (χ4n) is 1.63. The molecule has 1 N–H and O–H groups in total. The number of nitrogens with one attached hydrogen (secondary N) is 1. The first-order chi connectivity index (χ1) is 8.15. The third kappa shape index (κ3) is 2.94. The van der Waals surface area contributed by atoms with Crippen LogP contribution in [-0.2, 0) is 6.54 Å². The van der Waals surface area contributed by atoms with Gasteiger partial charge >= 0.3 is 0 Å². The van der Waals surface area contributed by atoms with Crippen molar-refractivity contribution >= 4 is 5.96 Å². The number of nitro groups is 1. The van der Waals surface area contributed by atoms with Gasteiger partial charge < -0.3 is 14.6 Å².